The molecule has 3 aromatic rings. The van der Waals surface area contributed by atoms with Crippen LogP contribution in [0, 0.1) is 0 Å². The van der Waals surface area contributed by atoms with Gasteiger partial charge in [0.2, 0.25) is 12.7 Å². The Kier molecular flexibility index (Phi) is 3.34. The maximum Gasteiger partial charge on any atom is 0.231 e. The summed E-state index contributed by atoms with van der Waals surface area (Å²) in [6.45, 7) is 0.257. The van der Waals surface area contributed by atoms with E-state index in [4.69, 9.17) is 9.47 Å². The maximum absolute atomic E-state index is 12.2. The summed E-state index contributed by atoms with van der Waals surface area (Å²) in [7, 11) is 0. The number of aromatic amines is 1. The van der Waals surface area contributed by atoms with Crippen molar-refractivity contribution in [2.24, 2.45) is 0 Å². The number of aryl methyl sites for hydroxylation is 1. The van der Waals surface area contributed by atoms with Gasteiger partial charge in [-0.3, -0.25) is 9.89 Å². The molecule has 0 saturated carbocycles. The average molecular weight is 309 g/mol. The van der Waals surface area contributed by atoms with E-state index < -0.39 is 0 Å². The Morgan fingerprint density at radius 3 is 3.09 bits per heavy atom. The molecule has 6 nitrogen and oxygen atoms in total. The fourth-order valence-electron chi connectivity index (χ4n) is 2.64. The fraction of sp³-hybridized carbons (Fsp3) is 0.176. The maximum atomic E-state index is 12.2. The van der Waals surface area contributed by atoms with Crippen LogP contribution in [-0.4, -0.2) is 22.9 Å². The molecule has 1 aromatic heterocycles. The number of fused-ring (bicyclic) bond motifs is 2. The number of carbonyl (C=O) groups excluding carboxylic acids is 1. The van der Waals surface area contributed by atoms with Crippen LogP contribution in [0.2, 0.25) is 0 Å². The molecule has 0 radical (unpaired) electrons. The standard InChI is InChI=1S/C17H15N3O3/c21-16(19-13-3-1-2-12-9-18-20-17(12)13)7-5-11-4-6-14-15(8-11)23-10-22-14/h1-4,6,8-9H,5,7,10H2,(H,18,20)(H,19,21). The van der Waals surface area contributed by atoms with E-state index in [0.29, 0.717) is 12.8 Å². The SMILES string of the molecule is O=C(CCc1ccc2c(c1)OCO2)Nc1cccc2cn[nH]c12. The molecular weight excluding hydrogens is 294 g/mol. The van der Waals surface area contributed by atoms with E-state index in [1.165, 1.54) is 0 Å². The number of para-hydroxylation sites is 1. The van der Waals surface area contributed by atoms with E-state index in [0.717, 1.165) is 33.7 Å². The lowest BCUT2D eigenvalue weighted by molar-refractivity contribution is -0.116. The predicted molar refractivity (Wildman–Crippen MR) is 85.6 cm³/mol. The number of nitrogens with one attached hydrogen (secondary N) is 2. The first-order valence-corrected chi connectivity index (χ1v) is 7.40. The topological polar surface area (TPSA) is 76.2 Å². The van der Waals surface area contributed by atoms with E-state index >= 15 is 0 Å². The van der Waals surface area contributed by atoms with Crippen LogP contribution in [0.25, 0.3) is 10.9 Å². The summed E-state index contributed by atoms with van der Waals surface area (Å²) >= 11 is 0. The Morgan fingerprint density at radius 2 is 2.13 bits per heavy atom. The first-order valence-electron chi connectivity index (χ1n) is 7.40. The molecule has 1 aliphatic rings. The second-order valence-electron chi connectivity index (χ2n) is 5.38. The molecule has 0 unspecified atom stereocenters. The Balaban J connectivity index is 1.41. The molecule has 116 valence electrons. The van der Waals surface area contributed by atoms with E-state index in [9.17, 15) is 4.79 Å². The van der Waals surface area contributed by atoms with Crippen molar-refractivity contribution in [1.29, 1.82) is 0 Å². The van der Waals surface area contributed by atoms with Gasteiger partial charge in [-0.05, 0) is 30.2 Å². The minimum Gasteiger partial charge on any atom is -0.454 e. The second kappa shape index (κ2) is 5.64. The molecule has 2 N–H and O–H groups in total. The van der Waals surface area contributed by atoms with Crippen molar-refractivity contribution in [2.75, 3.05) is 12.1 Å². The largest absolute Gasteiger partial charge is 0.454 e. The van der Waals surface area contributed by atoms with Gasteiger partial charge in [-0.15, -0.1) is 0 Å². The summed E-state index contributed by atoms with van der Waals surface area (Å²) in [6.07, 6.45) is 2.77. The van der Waals surface area contributed by atoms with Gasteiger partial charge in [0.25, 0.3) is 0 Å². The van der Waals surface area contributed by atoms with Crippen LogP contribution in [-0.2, 0) is 11.2 Å². The van der Waals surface area contributed by atoms with E-state index in [2.05, 4.69) is 15.5 Å². The highest BCUT2D eigenvalue weighted by Gasteiger charge is 2.14. The van der Waals surface area contributed by atoms with Gasteiger partial charge in [0.15, 0.2) is 11.5 Å². The molecule has 0 atom stereocenters. The molecule has 0 saturated heterocycles. The van der Waals surface area contributed by atoms with Crippen LogP contribution in [0.15, 0.2) is 42.6 Å². The minimum absolute atomic E-state index is 0.0373. The number of hydrogen-bond acceptors (Lipinski definition) is 4. The molecule has 2 heterocycles. The number of rotatable bonds is 4. The van der Waals surface area contributed by atoms with Crippen LogP contribution >= 0.6 is 0 Å². The van der Waals surface area contributed by atoms with Gasteiger partial charge in [0.05, 0.1) is 17.4 Å². The third-order valence-electron chi connectivity index (χ3n) is 3.83. The third kappa shape index (κ3) is 2.70. The quantitative estimate of drug-likeness (QED) is 0.777. The molecule has 0 fully saturated rings. The van der Waals surface area contributed by atoms with Crippen LogP contribution in [0.4, 0.5) is 5.69 Å². The summed E-state index contributed by atoms with van der Waals surface area (Å²) in [5.41, 5.74) is 2.63. The van der Waals surface area contributed by atoms with Crippen molar-refractivity contribution in [3.05, 3.63) is 48.2 Å². The van der Waals surface area contributed by atoms with Gasteiger partial charge in [-0.1, -0.05) is 18.2 Å². The number of aromatic nitrogens is 2. The zero-order valence-electron chi connectivity index (χ0n) is 12.3. The van der Waals surface area contributed by atoms with Gasteiger partial charge < -0.3 is 14.8 Å². The van der Waals surface area contributed by atoms with E-state index in [-0.39, 0.29) is 12.7 Å². The Bertz CT molecular complexity index is 872. The third-order valence-corrected chi connectivity index (χ3v) is 3.83. The smallest absolute Gasteiger partial charge is 0.231 e. The highest BCUT2D eigenvalue weighted by atomic mass is 16.7. The van der Waals surface area contributed by atoms with Crippen molar-refractivity contribution < 1.29 is 14.3 Å². The molecule has 2 aromatic carbocycles. The molecular formula is C17H15N3O3. The Labute approximate surface area is 132 Å². The number of anilines is 1. The van der Waals surface area contributed by atoms with Crippen LogP contribution in [0.1, 0.15) is 12.0 Å². The van der Waals surface area contributed by atoms with Gasteiger partial charge >= 0.3 is 0 Å². The number of carbonyl (C=O) groups is 1. The minimum atomic E-state index is -0.0373. The van der Waals surface area contributed by atoms with E-state index in [1.807, 2.05) is 36.4 Å². The summed E-state index contributed by atoms with van der Waals surface area (Å²) in [5, 5.41) is 10.8. The molecule has 1 aliphatic heterocycles. The molecule has 0 bridgehead atoms. The van der Waals surface area contributed by atoms with E-state index in [1.54, 1.807) is 6.20 Å². The number of benzene rings is 2. The predicted octanol–water partition coefficient (Wildman–Crippen LogP) is 2.86. The lowest BCUT2D eigenvalue weighted by Crippen LogP contribution is -2.12. The van der Waals surface area contributed by atoms with Crippen molar-refractivity contribution >= 4 is 22.5 Å². The molecule has 0 spiro atoms. The first kappa shape index (κ1) is 13.6. The van der Waals surface area contributed by atoms with Crippen molar-refractivity contribution in [2.45, 2.75) is 12.8 Å². The summed E-state index contributed by atoms with van der Waals surface area (Å²) in [5.74, 6) is 1.46. The van der Waals surface area contributed by atoms with Crippen molar-refractivity contribution in [3.8, 4) is 11.5 Å². The molecule has 4 rings (SSSR count). The van der Waals surface area contributed by atoms with Gasteiger partial charge in [-0.25, -0.2) is 0 Å². The lowest BCUT2D eigenvalue weighted by Gasteiger charge is -2.07. The zero-order chi connectivity index (χ0) is 15.6. The van der Waals surface area contributed by atoms with Crippen molar-refractivity contribution in [1.82, 2.24) is 10.2 Å². The van der Waals surface area contributed by atoms with Crippen molar-refractivity contribution in [3.63, 3.8) is 0 Å². The normalized spacial score (nSPS) is 12.5. The summed E-state index contributed by atoms with van der Waals surface area (Å²) in [6, 6.07) is 11.5. The molecule has 0 aliphatic carbocycles. The number of H-pyrrole nitrogens is 1. The van der Waals surface area contributed by atoms with Crippen LogP contribution in [0.5, 0.6) is 11.5 Å². The first-order chi connectivity index (χ1) is 11.3. The van der Waals surface area contributed by atoms with Gasteiger partial charge in [-0.2, -0.15) is 5.10 Å². The van der Waals surface area contributed by atoms with Crippen LogP contribution in [0.3, 0.4) is 0 Å². The second-order valence-corrected chi connectivity index (χ2v) is 5.38. The van der Waals surface area contributed by atoms with Crippen LogP contribution < -0.4 is 14.8 Å². The number of ether oxygens (including phenoxy) is 2. The van der Waals surface area contributed by atoms with Gasteiger partial charge in [0, 0.05) is 11.8 Å². The lowest BCUT2D eigenvalue weighted by atomic mass is 10.1. The molecule has 1 amide bonds. The average Bonchev–Trinajstić information content (AvgIpc) is 3.21. The highest BCUT2D eigenvalue weighted by molar-refractivity contribution is 6.00. The Hall–Kier alpha value is -3.02. The highest BCUT2D eigenvalue weighted by Crippen LogP contribution is 2.32. The molecule has 6 heteroatoms. The molecule has 23 heavy (non-hydrogen) atoms. The number of amides is 1. The Morgan fingerprint density at radius 1 is 1.22 bits per heavy atom. The monoisotopic (exact) mass is 309 g/mol. The summed E-state index contributed by atoms with van der Waals surface area (Å²) < 4.78 is 10.6. The number of hydrogen-bond donors (Lipinski definition) is 2. The zero-order valence-corrected chi connectivity index (χ0v) is 12.3. The van der Waals surface area contributed by atoms with Gasteiger partial charge in [0.1, 0.15) is 0 Å². The number of nitrogens with zero attached hydrogens (tertiary/aromatic N) is 1. The fourth-order valence-corrected chi connectivity index (χ4v) is 2.64. The summed E-state index contributed by atoms with van der Waals surface area (Å²) in [4.78, 5) is 12.2.